The predicted octanol–water partition coefficient (Wildman–Crippen LogP) is 4.02. The summed E-state index contributed by atoms with van der Waals surface area (Å²) in [5.74, 6) is 0.665. The van der Waals surface area contributed by atoms with E-state index in [4.69, 9.17) is 4.74 Å². The van der Waals surface area contributed by atoms with Gasteiger partial charge < -0.3 is 10.1 Å². The fraction of sp³-hybridized carbons (Fsp3) is 0.133. The van der Waals surface area contributed by atoms with Gasteiger partial charge in [0.25, 0.3) is 5.91 Å². The van der Waals surface area contributed by atoms with Crippen LogP contribution in [-0.2, 0) is 0 Å². The van der Waals surface area contributed by atoms with E-state index in [-0.39, 0.29) is 5.91 Å². The van der Waals surface area contributed by atoms with Gasteiger partial charge in [-0.15, -0.1) is 0 Å². The second-order valence-corrected chi connectivity index (χ2v) is 5.81. The van der Waals surface area contributed by atoms with Crippen LogP contribution in [0.1, 0.15) is 10.4 Å². The molecule has 0 heterocycles. The molecule has 0 saturated heterocycles. The minimum absolute atomic E-state index is 0.103. The average molecular weight is 399 g/mol. The molecule has 2 aromatic carbocycles. The van der Waals surface area contributed by atoms with E-state index in [9.17, 15) is 4.79 Å². The molecule has 1 amide bonds. The number of carbonyl (C=O) groups excluding carboxylic acids is 1. The summed E-state index contributed by atoms with van der Waals surface area (Å²) >= 11 is 6.74. The highest BCUT2D eigenvalue weighted by Crippen LogP contribution is 2.23. The minimum Gasteiger partial charge on any atom is -0.491 e. The van der Waals surface area contributed by atoms with E-state index in [0.29, 0.717) is 18.7 Å². The van der Waals surface area contributed by atoms with Crippen molar-refractivity contribution >= 4 is 37.8 Å². The van der Waals surface area contributed by atoms with Crippen molar-refractivity contribution in [1.29, 1.82) is 0 Å². The monoisotopic (exact) mass is 397 g/mol. The number of benzene rings is 2. The van der Waals surface area contributed by atoms with Crippen LogP contribution >= 0.6 is 31.9 Å². The van der Waals surface area contributed by atoms with E-state index in [1.54, 1.807) is 12.1 Å². The first-order valence-electron chi connectivity index (χ1n) is 6.08. The van der Waals surface area contributed by atoms with Crippen LogP contribution in [-0.4, -0.2) is 19.1 Å². The molecule has 0 aliphatic heterocycles. The number of rotatable bonds is 5. The van der Waals surface area contributed by atoms with Gasteiger partial charge in [-0.2, -0.15) is 0 Å². The molecule has 0 atom stereocenters. The first-order valence-corrected chi connectivity index (χ1v) is 7.66. The van der Waals surface area contributed by atoms with Gasteiger partial charge in [-0.05, 0) is 52.3 Å². The van der Waals surface area contributed by atoms with Crippen LogP contribution in [0.15, 0.2) is 57.5 Å². The Balaban J connectivity index is 1.77. The summed E-state index contributed by atoms with van der Waals surface area (Å²) in [7, 11) is 0. The minimum atomic E-state index is -0.103. The Morgan fingerprint density at radius 2 is 1.75 bits per heavy atom. The lowest BCUT2D eigenvalue weighted by atomic mass is 10.2. The number of carbonyl (C=O) groups is 1. The third kappa shape index (κ3) is 4.35. The molecule has 2 aromatic rings. The smallest absolute Gasteiger partial charge is 0.251 e. The van der Waals surface area contributed by atoms with E-state index in [1.165, 1.54) is 0 Å². The fourth-order valence-electron chi connectivity index (χ4n) is 1.59. The van der Waals surface area contributed by atoms with Crippen LogP contribution < -0.4 is 10.1 Å². The molecule has 0 bridgehead atoms. The van der Waals surface area contributed by atoms with Gasteiger partial charge in [-0.3, -0.25) is 4.79 Å². The van der Waals surface area contributed by atoms with Crippen LogP contribution in [0, 0.1) is 0 Å². The molecule has 20 heavy (non-hydrogen) atoms. The van der Waals surface area contributed by atoms with Gasteiger partial charge in [0.1, 0.15) is 12.4 Å². The summed E-state index contributed by atoms with van der Waals surface area (Å²) in [6, 6.07) is 14.8. The SMILES string of the molecule is O=C(NCCOc1ccccc1Br)c1ccc(Br)cc1. The third-order valence-corrected chi connectivity index (χ3v) is 3.77. The zero-order valence-corrected chi connectivity index (χ0v) is 13.8. The zero-order valence-electron chi connectivity index (χ0n) is 10.6. The molecular formula is C15H13Br2NO2. The van der Waals surface area contributed by atoms with Gasteiger partial charge in [0.05, 0.1) is 11.0 Å². The van der Waals surface area contributed by atoms with E-state index >= 15 is 0 Å². The topological polar surface area (TPSA) is 38.3 Å². The normalized spacial score (nSPS) is 10.1. The van der Waals surface area contributed by atoms with Gasteiger partial charge in [0.2, 0.25) is 0 Å². The molecule has 0 aliphatic rings. The summed E-state index contributed by atoms with van der Waals surface area (Å²) in [4.78, 5) is 11.8. The van der Waals surface area contributed by atoms with Crippen molar-refractivity contribution < 1.29 is 9.53 Å². The molecule has 0 fully saturated rings. The Labute approximate surface area is 134 Å². The van der Waals surface area contributed by atoms with Crippen molar-refractivity contribution in [3.05, 3.63) is 63.0 Å². The van der Waals surface area contributed by atoms with Crippen LogP contribution in [0.25, 0.3) is 0 Å². The Morgan fingerprint density at radius 3 is 2.45 bits per heavy atom. The van der Waals surface area contributed by atoms with Crippen molar-refractivity contribution in [1.82, 2.24) is 5.32 Å². The molecule has 1 N–H and O–H groups in total. The maximum absolute atomic E-state index is 11.8. The Hall–Kier alpha value is -1.33. The van der Waals surface area contributed by atoms with Gasteiger partial charge >= 0.3 is 0 Å². The first kappa shape index (κ1) is 15.1. The maximum Gasteiger partial charge on any atom is 0.251 e. The molecule has 0 aliphatic carbocycles. The Morgan fingerprint density at radius 1 is 1.05 bits per heavy atom. The van der Waals surface area contributed by atoms with Crippen molar-refractivity contribution in [2.24, 2.45) is 0 Å². The number of hydrogen-bond donors (Lipinski definition) is 1. The molecule has 0 spiro atoms. The van der Waals surface area contributed by atoms with Crippen LogP contribution in [0.4, 0.5) is 0 Å². The fourth-order valence-corrected chi connectivity index (χ4v) is 2.25. The third-order valence-electron chi connectivity index (χ3n) is 2.59. The van der Waals surface area contributed by atoms with Gasteiger partial charge in [-0.1, -0.05) is 28.1 Å². The van der Waals surface area contributed by atoms with Crippen LogP contribution in [0.3, 0.4) is 0 Å². The maximum atomic E-state index is 11.8. The van der Waals surface area contributed by atoms with Crippen LogP contribution in [0.5, 0.6) is 5.75 Å². The number of hydrogen-bond acceptors (Lipinski definition) is 2. The second-order valence-electron chi connectivity index (χ2n) is 4.04. The van der Waals surface area contributed by atoms with Gasteiger partial charge in [0.15, 0.2) is 0 Å². The number of amides is 1. The Bertz CT molecular complexity index is 585. The van der Waals surface area contributed by atoms with E-state index in [0.717, 1.165) is 14.7 Å². The number of ether oxygens (including phenoxy) is 1. The zero-order chi connectivity index (χ0) is 14.4. The highest BCUT2D eigenvalue weighted by Gasteiger charge is 2.04. The summed E-state index contributed by atoms with van der Waals surface area (Å²) in [6.07, 6.45) is 0. The van der Waals surface area contributed by atoms with Crippen LogP contribution in [0.2, 0.25) is 0 Å². The molecule has 0 radical (unpaired) electrons. The van der Waals surface area contributed by atoms with Crippen molar-refractivity contribution in [3.8, 4) is 5.75 Å². The number of nitrogens with one attached hydrogen (secondary N) is 1. The van der Waals surface area contributed by atoms with E-state index < -0.39 is 0 Å². The molecule has 104 valence electrons. The number of halogens is 2. The first-order chi connectivity index (χ1) is 9.66. The summed E-state index contributed by atoms with van der Waals surface area (Å²) in [6.45, 7) is 0.876. The lowest BCUT2D eigenvalue weighted by molar-refractivity contribution is 0.0947. The standard InChI is InChI=1S/C15H13Br2NO2/c16-12-7-5-11(6-8-12)15(19)18-9-10-20-14-4-2-1-3-13(14)17/h1-8H,9-10H2,(H,18,19). The van der Waals surface area contributed by atoms with Crippen molar-refractivity contribution in [2.75, 3.05) is 13.2 Å². The lowest BCUT2D eigenvalue weighted by Crippen LogP contribution is -2.28. The summed E-state index contributed by atoms with van der Waals surface area (Å²) in [5, 5.41) is 2.81. The summed E-state index contributed by atoms with van der Waals surface area (Å²) < 4.78 is 7.43. The average Bonchev–Trinajstić information content (AvgIpc) is 2.46. The van der Waals surface area contributed by atoms with E-state index in [2.05, 4.69) is 37.2 Å². The molecule has 5 heteroatoms. The predicted molar refractivity (Wildman–Crippen MR) is 86.1 cm³/mol. The largest absolute Gasteiger partial charge is 0.491 e. The van der Waals surface area contributed by atoms with Crippen molar-refractivity contribution in [2.45, 2.75) is 0 Å². The molecular weight excluding hydrogens is 386 g/mol. The highest BCUT2D eigenvalue weighted by atomic mass is 79.9. The Kier molecular flexibility index (Phi) is 5.61. The highest BCUT2D eigenvalue weighted by molar-refractivity contribution is 9.10. The van der Waals surface area contributed by atoms with E-state index in [1.807, 2.05) is 36.4 Å². The van der Waals surface area contributed by atoms with Gasteiger partial charge in [0, 0.05) is 10.0 Å². The summed E-state index contributed by atoms with van der Waals surface area (Å²) in [5.41, 5.74) is 0.633. The number of para-hydroxylation sites is 1. The molecule has 3 nitrogen and oxygen atoms in total. The van der Waals surface area contributed by atoms with Crippen molar-refractivity contribution in [3.63, 3.8) is 0 Å². The molecule has 0 unspecified atom stereocenters. The van der Waals surface area contributed by atoms with Gasteiger partial charge in [-0.25, -0.2) is 0 Å². The lowest BCUT2D eigenvalue weighted by Gasteiger charge is -2.09. The quantitative estimate of drug-likeness (QED) is 0.772. The molecule has 0 saturated carbocycles. The molecule has 2 rings (SSSR count). The second kappa shape index (κ2) is 7.45. The molecule has 0 aromatic heterocycles.